The molecular formula is C17H38BrP. The number of unbranched alkanes of at least 4 members (excludes halogenated alkanes) is 11. The monoisotopic (exact) mass is 352 g/mol. The molecule has 0 aliphatic heterocycles. The van der Waals surface area contributed by atoms with E-state index in [9.17, 15) is 0 Å². The molecular weight excluding hydrogens is 315 g/mol. The maximum absolute atomic E-state index is 3.94. The summed E-state index contributed by atoms with van der Waals surface area (Å²) in [6.07, 6.45) is 18.8. The van der Waals surface area contributed by atoms with Crippen molar-refractivity contribution in [2.75, 3.05) is 26.2 Å². The zero-order valence-electron chi connectivity index (χ0n) is 14.0. The van der Waals surface area contributed by atoms with Gasteiger partial charge in [-0.25, -0.2) is 0 Å². The molecule has 0 amide bonds. The third-order valence-electron chi connectivity index (χ3n) is 3.77. The van der Waals surface area contributed by atoms with E-state index in [-0.39, 0.29) is 0 Å². The molecule has 0 radical (unpaired) electrons. The Balaban J connectivity index is 3.12. The van der Waals surface area contributed by atoms with E-state index in [1.807, 2.05) is 0 Å². The third-order valence-corrected chi connectivity index (χ3v) is 6.66. The summed E-state index contributed by atoms with van der Waals surface area (Å²) in [5, 5.41) is -1.40. The van der Waals surface area contributed by atoms with E-state index >= 15 is 0 Å². The summed E-state index contributed by atoms with van der Waals surface area (Å²) in [6.45, 7) is 9.55. The van der Waals surface area contributed by atoms with Crippen LogP contribution in [-0.4, -0.2) is 26.2 Å². The molecule has 0 rings (SSSR count). The van der Waals surface area contributed by atoms with Gasteiger partial charge < -0.3 is 0 Å². The average molecular weight is 353 g/mol. The Kier molecular flexibility index (Phi) is 11.1. The molecule has 118 valence electrons. The minimum atomic E-state index is -1.40. The topological polar surface area (TPSA) is 0 Å². The Morgan fingerprint density at radius 3 is 1.21 bits per heavy atom. The fourth-order valence-electron chi connectivity index (χ4n) is 2.49. The van der Waals surface area contributed by atoms with E-state index in [0.717, 1.165) is 0 Å². The molecule has 0 N–H and O–H groups in total. The van der Waals surface area contributed by atoms with Gasteiger partial charge in [0.2, 0.25) is 0 Å². The summed E-state index contributed by atoms with van der Waals surface area (Å²) < 4.78 is 0. The van der Waals surface area contributed by atoms with Crippen LogP contribution in [0.5, 0.6) is 0 Å². The second-order valence-electron chi connectivity index (χ2n) is 7.53. The Bertz CT molecular complexity index is 196. The molecule has 0 bridgehead atoms. The van der Waals surface area contributed by atoms with Gasteiger partial charge in [0.05, 0.1) is 0 Å². The van der Waals surface area contributed by atoms with Gasteiger partial charge in [-0.05, 0) is 0 Å². The quantitative estimate of drug-likeness (QED) is 0.238. The molecule has 19 heavy (non-hydrogen) atoms. The minimum absolute atomic E-state index is 1.37. The van der Waals surface area contributed by atoms with Crippen LogP contribution in [0.1, 0.15) is 84.0 Å². The van der Waals surface area contributed by atoms with E-state index in [0.29, 0.717) is 0 Å². The summed E-state index contributed by atoms with van der Waals surface area (Å²) >= 11 is 3.94. The van der Waals surface area contributed by atoms with Crippen LogP contribution in [0.2, 0.25) is 0 Å². The van der Waals surface area contributed by atoms with Gasteiger partial charge in [0.1, 0.15) is 0 Å². The SMILES string of the molecule is CCCCCCCCCCCCCCP(C)(C)(C)Br. The zero-order valence-corrected chi connectivity index (χ0v) is 16.5. The van der Waals surface area contributed by atoms with Crippen LogP contribution in [0.3, 0.4) is 0 Å². The second kappa shape index (κ2) is 10.6. The Morgan fingerprint density at radius 2 is 0.895 bits per heavy atom. The number of hydrogen-bond acceptors (Lipinski definition) is 0. The van der Waals surface area contributed by atoms with Crippen LogP contribution in [0.25, 0.3) is 0 Å². The molecule has 0 aromatic carbocycles. The molecule has 0 atom stereocenters. The Hall–Kier alpha value is 0.910. The second-order valence-corrected chi connectivity index (χ2v) is 21.7. The van der Waals surface area contributed by atoms with Crippen molar-refractivity contribution in [1.29, 1.82) is 0 Å². The van der Waals surface area contributed by atoms with Crippen LogP contribution in [0.15, 0.2) is 0 Å². The van der Waals surface area contributed by atoms with Gasteiger partial charge in [-0.1, -0.05) is 13.3 Å². The Labute approximate surface area is 131 Å². The first kappa shape index (κ1) is 19.9. The van der Waals surface area contributed by atoms with Crippen molar-refractivity contribution in [2.45, 2.75) is 84.0 Å². The van der Waals surface area contributed by atoms with Crippen LogP contribution in [-0.2, 0) is 0 Å². The molecule has 2 heteroatoms. The molecule has 0 spiro atoms. The van der Waals surface area contributed by atoms with Gasteiger partial charge >= 0.3 is 118 Å². The first-order valence-electron chi connectivity index (χ1n) is 8.53. The predicted molar refractivity (Wildman–Crippen MR) is 99.6 cm³/mol. The molecule has 0 saturated carbocycles. The molecule has 0 fully saturated rings. The van der Waals surface area contributed by atoms with E-state index in [4.69, 9.17) is 0 Å². The van der Waals surface area contributed by atoms with Crippen molar-refractivity contribution in [2.24, 2.45) is 0 Å². The third kappa shape index (κ3) is 18.9. The summed E-state index contributed by atoms with van der Waals surface area (Å²) in [4.78, 5) is 0. The van der Waals surface area contributed by atoms with Gasteiger partial charge in [-0.3, -0.25) is 0 Å². The van der Waals surface area contributed by atoms with Crippen molar-refractivity contribution in [3.05, 3.63) is 0 Å². The van der Waals surface area contributed by atoms with E-state index in [1.54, 1.807) is 0 Å². The van der Waals surface area contributed by atoms with Gasteiger partial charge in [0.25, 0.3) is 0 Å². The molecule has 0 nitrogen and oxygen atoms in total. The van der Waals surface area contributed by atoms with E-state index in [1.165, 1.54) is 83.2 Å². The number of halogens is 1. The fourth-order valence-corrected chi connectivity index (χ4v) is 4.53. The summed E-state index contributed by atoms with van der Waals surface area (Å²) in [7, 11) is 0. The van der Waals surface area contributed by atoms with Crippen molar-refractivity contribution < 1.29 is 0 Å². The standard InChI is InChI=1S/C17H38BrP/c1-5-6-7-8-9-10-11-12-13-14-15-16-17-19(2,3,4)18/h5-17H2,1-4H3. The predicted octanol–water partition coefficient (Wildman–Crippen LogP) is 7.44. The van der Waals surface area contributed by atoms with Crippen molar-refractivity contribution in [3.63, 3.8) is 0 Å². The fraction of sp³-hybridized carbons (Fsp3) is 1.00. The number of rotatable bonds is 13. The molecule has 0 unspecified atom stereocenters. The molecule has 0 aliphatic carbocycles. The number of hydrogen-bond donors (Lipinski definition) is 0. The normalized spacial score (nSPS) is 14.3. The van der Waals surface area contributed by atoms with Crippen molar-refractivity contribution >= 4 is 20.8 Å². The van der Waals surface area contributed by atoms with Gasteiger partial charge in [0, 0.05) is 0 Å². The summed E-state index contributed by atoms with van der Waals surface area (Å²) in [6, 6.07) is 0. The summed E-state index contributed by atoms with van der Waals surface area (Å²) in [5.41, 5.74) is 0. The van der Waals surface area contributed by atoms with Gasteiger partial charge in [0.15, 0.2) is 0 Å². The van der Waals surface area contributed by atoms with E-state index in [2.05, 4.69) is 42.4 Å². The zero-order chi connectivity index (χ0) is 14.6. The van der Waals surface area contributed by atoms with Crippen LogP contribution in [0.4, 0.5) is 0 Å². The molecule has 0 heterocycles. The average Bonchev–Trinajstić information content (AvgIpc) is 2.28. The Morgan fingerprint density at radius 1 is 0.579 bits per heavy atom. The first-order chi connectivity index (χ1) is 8.81. The molecule has 0 aromatic heterocycles. The van der Waals surface area contributed by atoms with Crippen molar-refractivity contribution in [1.82, 2.24) is 0 Å². The first-order valence-corrected chi connectivity index (χ1v) is 14.3. The van der Waals surface area contributed by atoms with Gasteiger partial charge in [-0.15, -0.1) is 0 Å². The van der Waals surface area contributed by atoms with Crippen LogP contribution < -0.4 is 0 Å². The van der Waals surface area contributed by atoms with Crippen LogP contribution in [0, 0.1) is 0 Å². The molecule has 0 saturated heterocycles. The molecule has 0 aliphatic rings. The van der Waals surface area contributed by atoms with E-state index < -0.39 is 5.31 Å². The molecule has 0 aromatic rings. The summed E-state index contributed by atoms with van der Waals surface area (Å²) in [5.74, 6) is 0. The maximum atomic E-state index is 3.94. The van der Waals surface area contributed by atoms with Crippen molar-refractivity contribution in [3.8, 4) is 0 Å². The van der Waals surface area contributed by atoms with Crippen LogP contribution >= 0.6 is 20.8 Å². The van der Waals surface area contributed by atoms with Gasteiger partial charge in [-0.2, -0.15) is 0 Å².